The van der Waals surface area contributed by atoms with Gasteiger partial charge < -0.3 is 15.4 Å². The third-order valence-electron chi connectivity index (χ3n) is 3.96. The number of carbonyl (C=O) groups excluding carboxylic acids is 2. The standard InChI is InChI=1S/C22H19FN2O3/c1-15-5-2-3-8-20(15)28-14-21(26)24-19-7-4-6-16(13-19)22(27)25-18-11-9-17(23)10-12-18/h2-13H,14H2,1H3,(H,24,26)(H,25,27). The predicted molar refractivity (Wildman–Crippen MR) is 106 cm³/mol. The Bertz CT molecular complexity index is 987. The summed E-state index contributed by atoms with van der Waals surface area (Å²) in [5.41, 5.74) is 2.26. The van der Waals surface area contributed by atoms with Gasteiger partial charge in [0, 0.05) is 16.9 Å². The molecular formula is C22H19FN2O3. The highest BCUT2D eigenvalue weighted by atomic mass is 19.1. The molecule has 3 aromatic rings. The quantitative estimate of drug-likeness (QED) is 0.668. The van der Waals surface area contributed by atoms with E-state index in [0.717, 1.165) is 5.56 Å². The molecule has 0 radical (unpaired) electrons. The van der Waals surface area contributed by atoms with Crippen LogP contribution in [0.4, 0.5) is 15.8 Å². The van der Waals surface area contributed by atoms with Gasteiger partial charge in [-0.15, -0.1) is 0 Å². The van der Waals surface area contributed by atoms with E-state index in [1.807, 2.05) is 25.1 Å². The van der Waals surface area contributed by atoms with Gasteiger partial charge >= 0.3 is 0 Å². The van der Waals surface area contributed by atoms with E-state index in [0.29, 0.717) is 22.7 Å². The van der Waals surface area contributed by atoms with Gasteiger partial charge in [0.1, 0.15) is 11.6 Å². The lowest BCUT2D eigenvalue weighted by Crippen LogP contribution is -2.20. The lowest BCUT2D eigenvalue weighted by Gasteiger charge is -2.10. The fourth-order valence-electron chi connectivity index (χ4n) is 2.53. The molecular weight excluding hydrogens is 359 g/mol. The Labute approximate surface area is 162 Å². The number of hydrogen-bond acceptors (Lipinski definition) is 3. The average Bonchev–Trinajstić information content (AvgIpc) is 2.69. The second kappa shape index (κ2) is 8.81. The molecule has 0 fully saturated rings. The second-order valence-electron chi connectivity index (χ2n) is 6.14. The molecule has 0 aliphatic rings. The van der Waals surface area contributed by atoms with Crippen LogP contribution in [0.1, 0.15) is 15.9 Å². The third kappa shape index (κ3) is 5.17. The Morgan fingerprint density at radius 2 is 1.64 bits per heavy atom. The molecule has 5 nitrogen and oxygen atoms in total. The fourth-order valence-corrected chi connectivity index (χ4v) is 2.53. The van der Waals surface area contributed by atoms with Gasteiger partial charge in [0.2, 0.25) is 0 Å². The first-order valence-corrected chi connectivity index (χ1v) is 8.66. The predicted octanol–water partition coefficient (Wildman–Crippen LogP) is 4.40. The van der Waals surface area contributed by atoms with Gasteiger partial charge in [-0.25, -0.2) is 4.39 Å². The molecule has 6 heteroatoms. The maximum absolute atomic E-state index is 13.0. The minimum absolute atomic E-state index is 0.142. The number of carbonyl (C=O) groups is 2. The zero-order chi connectivity index (χ0) is 19.9. The van der Waals surface area contributed by atoms with Crippen molar-refractivity contribution in [1.82, 2.24) is 0 Å². The maximum Gasteiger partial charge on any atom is 0.262 e. The van der Waals surface area contributed by atoms with Crippen molar-refractivity contribution in [2.75, 3.05) is 17.2 Å². The lowest BCUT2D eigenvalue weighted by atomic mass is 10.2. The van der Waals surface area contributed by atoms with Crippen molar-refractivity contribution in [2.45, 2.75) is 6.92 Å². The number of hydrogen-bond donors (Lipinski definition) is 2. The maximum atomic E-state index is 13.0. The van der Waals surface area contributed by atoms with E-state index in [9.17, 15) is 14.0 Å². The van der Waals surface area contributed by atoms with Gasteiger partial charge in [-0.2, -0.15) is 0 Å². The molecule has 28 heavy (non-hydrogen) atoms. The van der Waals surface area contributed by atoms with Gasteiger partial charge in [-0.1, -0.05) is 24.3 Å². The molecule has 0 unspecified atom stereocenters. The molecule has 0 aliphatic heterocycles. The zero-order valence-electron chi connectivity index (χ0n) is 15.2. The average molecular weight is 378 g/mol. The normalized spacial score (nSPS) is 10.2. The van der Waals surface area contributed by atoms with Crippen LogP contribution in [0.2, 0.25) is 0 Å². The molecule has 0 heterocycles. The molecule has 0 aromatic heterocycles. The highest BCUT2D eigenvalue weighted by Crippen LogP contribution is 2.17. The zero-order valence-corrected chi connectivity index (χ0v) is 15.2. The van der Waals surface area contributed by atoms with Crippen molar-refractivity contribution in [3.63, 3.8) is 0 Å². The van der Waals surface area contributed by atoms with Crippen LogP contribution in [-0.2, 0) is 4.79 Å². The Balaban J connectivity index is 1.59. The van der Waals surface area contributed by atoms with Crippen LogP contribution in [0.15, 0.2) is 72.8 Å². The van der Waals surface area contributed by atoms with Crippen molar-refractivity contribution in [3.8, 4) is 5.75 Å². The van der Waals surface area contributed by atoms with E-state index in [1.54, 1.807) is 30.3 Å². The smallest absolute Gasteiger partial charge is 0.262 e. The Kier molecular flexibility index (Phi) is 6.01. The van der Waals surface area contributed by atoms with E-state index < -0.39 is 0 Å². The van der Waals surface area contributed by atoms with Gasteiger partial charge in [-0.05, 0) is 61.0 Å². The van der Waals surface area contributed by atoms with Crippen LogP contribution in [0.5, 0.6) is 5.75 Å². The summed E-state index contributed by atoms with van der Waals surface area (Å²) in [4.78, 5) is 24.5. The van der Waals surface area contributed by atoms with Crippen molar-refractivity contribution in [2.24, 2.45) is 0 Å². The highest BCUT2D eigenvalue weighted by Gasteiger charge is 2.09. The Morgan fingerprint density at radius 3 is 2.39 bits per heavy atom. The van der Waals surface area contributed by atoms with E-state index in [1.165, 1.54) is 24.3 Å². The molecule has 2 amide bonds. The van der Waals surface area contributed by atoms with Crippen molar-refractivity contribution < 1.29 is 18.7 Å². The van der Waals surface area contributed by atoms with Gasteiger partial charge in [0.15, 0.2) is 6.61 Å². The van der Waals surface area contributed by atoms with Crippen LogP contribution in [-0.4, -0.2) is 18.4 Å². The number of amides is 2. The monoisotopic (exact) mass is 378 g/mol. The van der Waals surface area contributed by atoms with Gasteiger partial charge in [0.25, 0.3) is 11.8 Å². The summed E-state index contributed by atoms with van der Waals surface area (Å²) in [5, 5.41) is 5.38. The van der Waals surface area contributed by atoms with Crippen LogP contribution >= 0.6 is 0 Å². The number of para-hydroxylation sites is 1. The summed E-state index contributed by atoms with van der Waals surface area (Å²) in [7, 11) is 0. The number of aryl methyl sites for hydroxylation is 1. The lowest BCUT2D eigenvalue weighted by molar-refractivity contribution is -0.118. The molecule has 2 N–H and O–H groups in total. The SMILES string of the molecule is Cc1ccccc1OCC(=O)Nc1cccc(C(=O)Nc2ccc(F)cc2)c1. The summed E-state index contributed by atoms with van der Waals surface area (Å²) in [6.07, 6.45) is 0. The molecule has 0 saturated heterocycles. The summed E-state index contributed by atoms with van der Waals surface area (Å²) in [6.45, 7) is 1.76. The molecule has 0 saturated carbocycles. The van der Waals surface area contributed by atoms with Crippen molar-refractivity contribution in [1.29, 1.82) is 0 Å². The van der Waals surface area contributed by atoms with Crippen molar-refractivity contribution in [3.05, 3.63) is 89.7 Å². The summed E-state index contributed by atoms with van der Waals surface area (Å²) < 4.78 is 18.5. The van der Waals surface area contributed by atoms with E-state index in [2.05, 4.69) is 10.6 Å². The molecule has 142 valence electrons. The first kappa shape index (κ1) is 19.1. The van der Waals surface area contributed by atoms with Gasteiger partial charge in [-0.3, -0.25) is 9.59 Å². The molecule has 0 spiro atoms. The number of anilines is 2. The van der Waals surface area contributed by atoms with Crippen LogP contribution in [0, 0.1) is 12.7 Å². The first-order valence-electron chi connectivity index (χ1n) is 8.66. The van der Waals surface area contributed by atoms with Crippen molar-refractivity contribution >= 4 is 23.2 Å². The Hall–Kier alpha value is -3.67. The minimum atomic E-state index is -0.379. The topological polar surface area (TPSA) is 67.4 Å². The first-order chi connectivity index (χ1) is 13.5. The van der Waals surface area contributed by atoms with E-state index >= 15 is 0 Å². The largest absolute Gasteiger partial charge is 0.483 e. The van der Waals surface area contributed by atoms with Gasteiger partial charge in [0.05, 0.1) is 0 Å². The minimum Gasteiger partial charge on any atom is -0.483 e. The second-order valence-corrected chi connectivity index (χ2v) is 6.14. The Morgan fingerprint density at radius 1 is 0.893 bits per heavy atom. The fraction of sp³-hybridized carbons (Fsp3) is 0.0909. The number of halogens is 1. The third-order valence-corrected chi connectivity index (χ3v) is 3.96. The molecule has 3 rings (SSSR count). The number of rotatable bonds is 6. The number of nitrogens with one attached hydrogen (secondary N) is 2. The highest BCUT2D eigenvalue weighted by molar-refractivity contribution is 6.05. The molecule has 0 bridgehead atoms. The molecule has 0 atom stereocenters. The summed E-state index contributed by atoms with van der Waals surface area (Å²) in [6, 6.07) is 19.4. The summed E-state index contributed by atoms with van der Waals surface area (Å²) >= 11 is 0. The van der Waals surface area contributed by atoms with Crippen LogP contribution in [0.25, 0.3) is 0 Å². The van der Waals surface area contributed by atoms with E-state index in [-0.39, 0.29) is 24.2 Å². The molecule has 0 aliphatic carbocycles. The number of benzene rings is 3. The van der Waals surface area contributed by atoms with E-state index in [4.69, 9.17) is 4.74 Å². The van der Waals surface area contributed by atoms with Crippen LogP contribution in [0.3, 0.4) is 0 Å². The molecule has 3 aromatic carbocycles. The number of ether oxygens (including phenoxy) is 1. The summed E-state index contributed by atoms with van der Waals surface area (Å²) in [5.74, 6) is -0.432. The van der Waals surface area contributed by atoms with Crippen LogP contribution < -0.4 is 15.4 Å².